The number of carbonyl (C=O) groups is 1. The zero-order valence-corrected chi connectivity index (χ0v) is 9.24. The maximum Gasteiger partial charge on any atom is 0.241 e. The molecule has 1 aromatic heterocycles. The second-order valence-corrected chi connectivity index (χ2v) is 4.09. The summed E-state index contributed by atoms with van der Waals surface area (Å²) in [6.45, 7) is 0.454. The third kappa shape index (κ3) is 2.69. The molecule has 1 amide bonds. The first-order chi connectivity index (χ1) is 7.65. The number of pyridine rings is 1. The minimum Gasteiger partial charge on any atom is -0.392 e. The normalized spacial score (nSPS) is 24.4. The molecular weight excluding hydrogens is 230 g/mol. The van der Waals surface area contributed by atoms with Crippen molar-refractivity contribution >= 4 is 23.2 Å². The third-order valence-electron chi connectivity index (χ3n) is 2.42. The first-order valence-electron chi connectivity index (χ1n) is 4.99. The highest BCUT2D eigenvalue weighted by Gasteiger charge is 2.27. The number of halogens is 1. The van der Waals surface area contributed by atoms with Gasteiger partial charge >= 0.3 is 0 Å². The number of β-amino-alcohol motifs (C(OH)–C–C–N with tert-alkyl or cyclic N) is 1. The van der Waals surface area contributed by atoms with Crippen LogP contribution in [0, 0.1) is 0 Å². The molecule has 0 radical (unpaired) electrons. The summed E-state index contributed by atoms with van der Waals surface area (Å²) in [7, 11) is 0. The average molecular weight is 242 g/mol. The van der Waals surface area contributed by atoms with Gasteiger partial charge in [-0.25, -0.2) is 4.98 Å². The Morgan fingerprint density at radius 3 is 3.12 bits per heavy atom. The summed E-state index contributed by atoms with van der Waals surface area (Å²) in [6, 6.07) is 2.89. The summed E-state index contributed by atoms with van der Waals surface area (Å²) in [5, 5.41) is 15.3. The molecule has 1 aromatic rings. The number of aromatic nitrogens is 1. The minimum atomic E-state index is -0.447. The van der Waals surface area contributed by atoms with Crippen molar-refractivity contribution in [3.63, 3.8) is 0 Å². The molecule has 6 heteroatoms. The molecule has 3 N–H and O–H groups in total. The van der Waals surface area contributed by atoms with Crippen molar-refractivity contribution in [2.75, 3.05) is 11.9 Å². The molecular formula is C10H12ClN3O2. The molecule has 0 spiro atoms. The molecule has 0 bridgehead atoms. The summed E-state index contributed by atoms with van der Waals surface area (Å²) < 4.78 is 0. The minimum absolute atomic E-state index is 0.168. The number of amides is 1. The van der Waals surface area contributed by atoms with Crippen molar-refractivity contribution in [3.8, 4) is 0 Å². The van der Waals surface area contributed by atoms with Crippen LogP contribution in [0.25, 0.3) is 0 Å². The summed E-state index contributed by atoms with van der Waals surface area (Å²) in [6.07, 6.45) is 1.51. The van der Waals surface area contributed by atoms with Gasteiger partial charge in [0.25, 0.3) is 0 Å². The van der Waals surface area contributed by atoms with Crippen LogP contribution in [-0.2, 0) is 4.79 Å². The van der Waals surface area contributed by atoms with Crippen LogP contribution in [0.3, 0.4) is 0 Å². The van der Waals surface area contributed by atoms with Gasteiger partial charge in [-0.2, -0.15) is 0 Å². The monoisotopic (exact) mass is 241 g/mol. The topological polar surface area (TPSA) is 74.2 Å². The van der Waals surface area contributed by atoms with Crippen LogP contribution in [-0.4, -0.2) is 34.7 Å². The highest BCUT2D eigenvalue weighted by Crippen LogP contribution is 2.14. The van der Waals surface area contributed by atoms with E-state index >= 15 is 0 Å². The Morgan fingerprint density at radius 2 is 2.50 bits per heavy atom. The van der Waals surface area contributed by atoms with E-state index in [4.69, 9.17) is 11.6 Å². The smallest absolute Gasteiger partial charge is 0.241 e. The van der Waals surface area contributed by atoms with Crippen LogP contribution in [0.2, 0.25) is 5.15 Å². The lowest BCUT2D eigenvalue weighted by molar-refractivity contribution is -0.117. The van der Waals surface area contributed by atoms with E-state index in [1.165, 1.54) is 6.20 Å². The van der Waals surface area contributed by atoms with Gasteiger partial charge in [0.1, 0.15) is 5.15 Å². The van der Waals surface area contributed by atoms with Gasteiger partial charge in [0, 0.05) is 18.4 Å². The zero-order chi connectivity index (χ0) is 11.5. The Bertz CT molecular complexity index is 399. The SMILES string of the molecule is O=C(Nc1ccnc(Cl)c1)C1CC(O)CN1. The molecule has 5 nitrogen and oxygen atoms in total. The van der Waals surface area contributed by atoms with Gasteiger partial charge in [-0.1, -0.05) is 11.6 Å². The number of hydrogen-bond acceptors (Lipinski definition) is 4. The zero-order valence-electron chi connectivity index (χ0n) is 8.48. The predicted molar refractivity (Wildman–Crippen MR) is 60.3 cm³/mol. The van der Waals surface area contributed by atoms with Crippen molar-refractivity contribution in [1.82, 2.24) is 10.3 Å². The fourth-order valence-electron chi connectivity index (χ4n) is 1.63. The molecule has 2 unspecified atom stereocenters. The lowest BCUT2D eigenvalue weighted by atomic mass is 10.2. The molecule has 2 heterocycles. The predicted octanol–water partition coefficient (Wildman–Crippen LogP) is 0.396. The highest BCUT2D eigenvalue weighted by molar-refractivity contribution is 6.29. The van der Waals surface area contributed by atoms with E-state index in [9.17, 15) is 9.90 Å². The largest absolute Gasteiger partial charge is 0.392 e. The number of aliphatic hydroxyl groups is 1. The van der Waals surface area contributed by atoms with Gasteiger partial charge in [0.2, 0.25) is 5.91 Å². The molecule has 1 aliphatic rings. The maximum absolute atomic E-state index is 11.7. The van der Waals surface area contributed by atoms with Crippen LogP contribution < -0.4 is 10.6 Å². The molecule has 0 aliphatic carbocycles. The number of carbonyl (C=O) groups excluding carboxylic acids is 1. The highest BCUT2D eigenvalue weighted by atomic mass is 35.5. The summed E-state index contributed by atoms with van der Waals surface area (Å²) in [4.78, 5) is 15.5. The van der Waals surface area contributed by atoms with Gasteiger partial charge < -0.3 is 15.7 Å². The summed E-state index contributed by atoms with van der Waals surface area (Å²) in [5.41, 5.74) is 0.605. The van der Waals surface area contributed by atoms with Crippen molar-refractivity contribution in [2.45, 2.75) is 18.6 Å². The maximum atomic E-state index is 11.7. The standard InChI is InChI=1S/C10H12ClN3O2/c11-9-3-6(1-2-12-9)14-10(16)8-4-7(15)5-13-8/h1-3,7-8,13,15H,4-5H2,(H,12,14,16). The van der Waals surface area contributed by atoms with E-state index in [1.807, 2.05) is 0 Å². The van der Waals surface area contributed by atoms with Crippen molar-refractivity contribution in [2.24, 2.45) is 0 Å². The number of rotatable bonds is 2. The first kappa shape index (κ1) is 11.3. The molecule has 16 heavy (non-hydrogen) atoms. The Hall–Kier alpha value is -1.17. The Labute approximate surface area is 97.8 Å². The number of nitrogens with one attached hydrogen (secondary N) is 2. The van der Waals surface area contributed by atoms with Gasteiger partial charge in [-0.15, -0.1) is 0 Å². The number of aliphatic hydroxyl groups excluding tert-OH is 1. The Kier molecular flexibility index (Phi) is 3.38. The Balaban J connectivity index is 1.97. The van der Waals surface area contributed by atoms with E-state index in [0.717, 1.165) is 0 Å². The van der Waals surface area contributed by atoms with E-state index in [1.54, 1.807) is 12.1 Å². The number of hydrogen-bond donors (Lipinski definition) is 3. The van der Waals surface area contributed by atoms with E-state index in [0.29, 0.717) is 23.8 Å². The second-order valence-electron chi connectivity index (χ2n) is 3.71. The lowest BCUT2D eigenvalue weighted by Crippen LogP contribution is -2.35. The fraction of sp³-hybridized carbons (Fsp3) is 0.400. The van der Waals surface area contributed by atoms with Gasteiger partial charge in [-0.3, -0.25) is 4.79 Å². The fourth-order valence-corrected chi connectivity index (χ4v) is 1.80. The van der Waals surface area contributed by atoms with Crippen molar-refractivity contribution in [3.05, 3.63) is 23.5 Å². The number of nitrogens with zero attached hydrogens (tertiary/aromatic N) is 1. The molecule has 0 saturated carbocycles. The van der Waals surface area contributed by atoms with Crippen LogP contribution in [0.4, 0.5) is 5.69 Å². The van der Waals surface area contributed by atoms with Crippen LogP contribution >= 0.6 is 11.6 Å². The first-order valence-corrected chi connectivity index (χ1v) is 5.37. The molecule has 2 atom stereocenters. The molecule has 1 fully saturated rings. The quantitative estimate of drug-likeness (QED) is 0.655. The molecule has 2 rings (SSSR count). The van der Waals surface area contributed by atoms with E-state index < -0.39 is 6.10 Å². The average Bonchev–Trinajstić information content (AvgIpc) is 2.65. The van der Waals surface area contributed by atoms with Gasteiger partial charge in [0.15, 0.2) is 0 Å². The number of anilines is 1. The molecule has 1 aliphatic heterocycles. The Morgan fingerprint density at radius 1 is 1.69 bits per heavy atom. The van der Waals surface area contributed by atoms with Gasteiger partial charge in [0.05, 0.1) is 12.1 Å². The second kappa shape index (κ2) is 4.78. The van der Waals surface area contributed by atoms with Crippen LogP contribution in [0.15, 0.2) is 18.3 Å². The summed E-state index contributed by atoms with van der Waals surface area (Å²) in [5.74, 6) is -0.168. The van der Waals surface area contributed by atoms with Gasteiger partial charge in [-0.05, 0) is 18.6 Å². The van der Waals surface area contributed by atoms with Crippen LogP contribution in [0.5, 0.6) is 0 Å². The van der Waals surface area contributed by atoms with Crippen molar-refractivity contribution in [1.29, 1.82) is 0 Å². The third-order valence-corrected chi connectivity index (χ3v) is 2.62. The van der Waals surface area contributed by atoms with E-state index in [2.05, 4.69) is 15.6 Å². The van der Waals surface area contributed by atoms with E-state index in [-0.39, 0.29) is 11.9 Å². The lowest BCUT2D eigenvalue weighted by Gasteiger charge is -2.10. The molecule has 86 valence electrons. The molecule has 1 saturated heterocycles. The molecule has 0 aromatic carbocycles. The van der Waals surface area contributed by atoms with Crippen LogP contribution in [0.1, 0.15) is 6.42 Å². The van der Waals surface area contributed by atoms with Crippen molar-refractivity contribution < 1.29 is 9.90 Å². The summed E-state index contributed by atoms with van der Waals surface area (Å²) >= 11 is 5.69.